The van der Waals surface area contributed by atoms with Crippen LogP contribution in [0.2, 0.25) is 0 Å². The molecule has 0 amide bonds. The predicted octanol–water partition coefficient (Wildman–Crippen LogP) is 6.69. The molecule has 2 unspecified atom stereocenters. The van der Waals surface area contributed by atoms with Gasteiger partial charge in [0.15, 0.2) is 5.11 Å². The van der Waals surface area contributed by atoms with E-state index in [1.807, 2.05) is 67.3 Å². The zero-order valence-corrected chi connectivity index (χ0v) is 21.3. The van der Waals surface area contributed by atoms with Gasteiger partial charge in [0, 0.05) is 29.3 Å². The van der Waals surface area contributed by atoms with Crippen LogP contribution in [0.15, 0.2) is 79.0 Å². The minimum absolute atomic E-state index is 0.0899. The number of aromatic nitrogens is 2. The molecule has 1 aliphatic rings. The van der Waals surface area contributed by atoms with Gasteiger partial charge in [0.2, 0.25) is 0 Å². The van der Waals surface area contributed by atoms with E-state index in [1.54, 1.807) is 23.9 Å². The highest BCUT2D eigenvalue weighted by molar-refractivity contribution is 7.80. The van der Waals surface area contributed by atoms with Crippen LogP contribution in [0.1, 0.15) is 40.3 Å². The van der Waals surface area contributed by atoms with E-state index in [0.29, 0.717) is 22.2 Å². The summed E-state index contributed by atoms with van der Waals surface area (Å²) >= 11 is 5.79. The van der Waals surface area contributed by atoms with Crippen molar-refractivity contribution < 1.29 is 17.9 Å². The van der Waals surface area contributed by atoms with E-state index in [4.69, 9.17) is 17.0 Å². The van der Waals surface area contributed by atoms with Crippen LogP contribution in [0.25, 0.3) is 5.69 Å². The summed E-state index contributed by atoms with van der Waals surface area (Å²) in [5.74, 6) is 0.671. The molecule has 0 saturated carbocycles. The predicted molar refractivity (Wildman–Crippen MR) is 141 cm³/mol. The van der Waals surface area contributed by atoms with Crippen LogP contribution in [0, 0.1) is 13.8 Å². The van der Waals surface area contributed by atoms with Gasteiger partial charge in [0.05, 0.1) is 36.1 Å². The Labute approximate surface area is 218 Å². The Balaban J connectivity index is 1.71. The molecule has 3 heterocycles. The van der Waals surface area contributed by atoms with E-state index in [2.05, 4.69) is 10.3 Å². The number of aryl methyl sites for hydroxylation is 1. The number of para-hydroxylation sites is 1. The quantitative estimate of drug-likeness (QED) is 0.296. The van der Waals surface area contributed by atoms with E-state index in [0.717, 1.165) is 23.0 Å². The van der Waals surface area contributed by atoms with Gasteiger partial charge in [-0.3, -0.25) is 4.98 Å². The molecule has 4 aromatic rings. The Bertz CT molecular complexity index is 1450. The average molecular weight is 523 g/mol. The third-order valence-electron chi connectivity index (χ3n) is 6.67. The van der Waals surface area contributed by atoms with Gasteiger partial charge < -0.3 is 19.5 Å². The number of anilines is 1. The molecule has 5 nitrogen and oxygen atoms in total. The van der Waals surface area contributed by atoms with Crippen LogP contribution in [-0.4, -0.2) is 21.8 Å². The number of thiocarbonyl (C=S) groups is 1. The Morgan fingerprint density at radius 2 is 1.73 bits per heavy atom. The number of hydrogen-bond acceptors (Lipinski definition) is 3. The lowest BCUT2D eigenvalue weighted by Gasteiger charge is -2.28. The van der Waals surface area contributed by atoms with Crippen molar-refractivity contribution >= 4 is 23.0 Å². The smallest absolute Gasteiger partial charge is 0.418 e. The van der Waals surface area contributed by atoms with Crippen LogP contribution in [0.4, 0.5) is 18.9 Å². The molecule has 190 valence electrons. The molecule has 0 spiro atoms. The number of ether oxygens (including phenoxy) is 1. The van der Waals surface area contributed by atoms with Crippen molar-refractivity contribution in [3.63, 3.8) is 0 Å². The van der Waals surface area contributed by atoms with E-state index < -0.39 is 11.7 Å². The lowest BCUT2D eigenvalue weighted by Crippen LogP contribution is -2.29. The van der Waals surface area contributed by atoms with E-state index in [1.165, 1.54) is 12.1 Å². The first-order valence-corrected chi connectivity index (χ1v) is 12.1. The molecule has 2 aromatic carbocycles. The second-order valence-electron chi connectivity index (χ2n) is 8.87. The molecule has 1 saturated heterocycles. The van der Waals surface area contributed by atoms with Crippen molar-refractivity contribution in [2.24, 2.45) is 0 Å². The number of pyridine rings is 1. The highest BCUT2D eigenvalue weighted by atomic mass is 32.1. The molecule has 37 heavy (non-hydrogen) atoms. The van der Waals surface area contributed by atoms with Crippen molar-refractivity contribution in [3.8, 4) is 11.4 Å². The van der Waals surface area contributed by atoms with Crippen LogP contribution >= 0.6 is 12.2 Å². The maximum absolute atomic E-state index is 13.9. The van der Waals surface area contributed by atoms with Gasteiger partial charge in [-0.1, -0.05) is 24.3 Å². The number of alkyl halides is 3. The summed E-state index contributed by atoms with van der Waals surface area (Å²) in [5.41, 5.74) is 3.22. The number of nitrogens with one attached hydrogen (secondary N) is 1. The molecular weight excluding hydrogens is 497 g/mol. The Kier molecular flexibility index (Phi) is 6.41. The zero-order valence-electron chi connectivity index (χ0n) is 20.5. The number of methoxy groups -OCH3 is 1. The normalized spacial score (nSPS) is 17.7. The first-order valence-electron chi connectivity index (χ1n) is 11.7. The fourth-order valence-electron chi connectivity index (χ4n) is 5.08. The van der Waals surface area contributed by atoms with Gasteiger partial charge >= 0.3 is 6.18 Å². The highest BCUT2D eigenvalue weighted by Crippen LogP contribution is 2.45. The minimum Gasteiger partial charge on any atom is -0.497 e. The second-order valence-corrected chi connectivity index (χ2v) is 9.26. The lowest BCUT2D eigenvalue weighted by molar-refractivity contribution is -0.137. The number of hydrogen-bond donors (Lipinski definition) is 1. The summed E-state index contributed by atoms with van der Waals surface area (Å²) in [6.45, 7) is 3.66. The van der Waals surface area contributed by atoms with Crippen molar-refractivity contribution in [2.75, 3.05) is 12.0 Å². The molecule has 0 bridgehead atoms. The highest BCUT2D eigenvalue weighted by Gasteiger charge is 2.43. The molecular formula is C28H25F3N4OS. The first kappa shape index (κ1) is 24.8. The maximum Gasteiger partial charge on any atom is 0.418 e. The molecule has 0 aliphatic carbocycles. The van der Waals surface area contributed by atoms with Crippen molar-refractivity contribution in [1.29, 1.82) is 0 Å². The van der Waals surface area contributed by atoms with Crippen LogP contribution < -0.4 is 15.0 Å². The molecule has 2 atom stereocenters. The van der Waals surface area contributed by atoms with Crippen LogP contribution in [0.3, 0.4) is 0 Å². The molecule has 1 fully saturated rings. The van der Waals surface area contributed by atoms with Gasteiger partial charge in [0.1, 0.15) is 5.75 Å². The minimum atomic E-state index is -4.49. The molecule has 5 rings (SSSR count). The van der Waals surface area contributed by atoms with Crippen molar-refractivity contribution in [1.82, 2.24) is 14.9 Å². The molecule has 0 radical (unpaired) electrons. The van der Waals surface area contributed by atoms with Gasteiger partial charge in [-0.15, -0.1) is 0 Å². The summed E-state index contributed by atoms with van der Waals surface area (Å²) in [6.07, 6.45) is -2.77. The van der Waals surface area contributed by atoms with E-state index in [9.17, 15) is 13.2 Å². The van der Waals surface area contributed by atoms with Crippen LogP contribution in [-0.2, 0) is 6.18 Å². The van der Waals surface area contributed by atoms with Gasteiger partial charge in [0.25, 0.3) is 0 Å². The first-order chi connectivity index (χ1) is 17.7. The Morgan fingerprint density at radius 1 is 0.973 bits per heavy atom. The fourth-order valence-corrected chi connectivity index (χ4v) is 5.42. The summed E-state index contributed by atoms with van der Waals surface area (Å²) in [7, 11) is 1.60. The van der Waals surface area contributed by atoms with Crippen molar-refractivity contribution in [3.05, 3.63) is 107 Å². The second kappa shape index (κ2) is 9.55. The number of benzene rings is 2. The zero-order chi connectivity index (χ0) is 26.3. The number of halogens is 3. The summed E-state index contributed by atoms with van der Waals surface area (Å²) in [4.78, 5) is 6.55. The Morgan fingerprint density at radius 3 is 2.43 bits per heavy atom. The number of rotatable bonds is 5. The van der Waals surface area contributed by atoms with Gasteiger partial charge in [-0.2, -0.15) is 13.2 Å². The SMILES string of the molecule is COc1cccc(N2C(=S)NC(c3ccccn3)C2c2cc(C)n(-c3ccccc3C(F)(F)F)c2C)c1. The van der Waals surface area contributed by atoms with Gasteiger partial charge in [-0.05, 0) is 74.1 Å². The van der Waals surface area contributed by atoms with Crippen LogP contribution in [0.5, 0.6) is 5.75 Å². The molecule has 1 aliphatic heterocycles. The molecule has 9 heteroatoms. The topological polar surface area (TPSA) is 42.3 Å². The van der Waals surface area contributed by atoms with E-state index >= 15 is 0 Å². The van der Waals surface area contributed by atoms with Gasteiger partial charge in [-0.25, -0.2) is 0 Å². The Hall–Kier alpha value is -3.85. The third-order valence-corrected chi connectivity index (χ3v) is 6.98. The van der Waals surface area contributed by atoms with E-state index in [-0.39, 0.29) is 17.8 Å². The fraction of sp³-hybridized carbons (Fsp3) is 0.214. The maximum atomic E-state index is 13.9. The molecule has 2 aromatic heterocycles. The average Bonchev–Trinajstić information content (AvgIpc) is 3.38. The summed E-state index contributed by atoms with van der Waals surface area (Å²) in [5, 5.41) is 3.90. The molecule has 1 N–H and O–H groups in total. The largest absolute Gasteiger partial charge is 0.497 e. The summed E-state index contributed by atoms with van der Waals surface area (Å²) in [6, 6.07) is 20.1. The standard InChI is InChI=1S/C28H25F3N4OS/c1-17-15-21(18(2)34(17)24-13-5-4-11-22(24)28(29,30)31)26-25(23-12-6-7-14-32-23)33-27(37)35(26)19-9-8-10-20(16-19)36-3/h4-16,25-26H,1-3H3,(H,33,37). The number of nitrogens with zero attached hydrogens (tertiary/aromatic N) is 3. The third kappa shape index (κ3) is 4.44. The lowest BCUT2D eigenvalue weighted by atomic mass is 9.96. The monoisotopic (exact) mass is 522 g/mol. The summed E-state index contributed by atoms with van der Waals surface area (Å²) < 4.78 is 48.9. The van der Waals surface area contributed by atoms with Crippen molar-refractivity contribution in [2.45, 2.75) is 32.1 Å².